The molecule has 0 aliphatic carbocycles. The quantitative estimate of drug-likeness (QED) is 0.442. The minimum Gasteiger partial charge on any atom is -0.382 e. The first kappa shape index (κ1) is 18.1. The maximum Gasteiger partial charge on any atom is 0.266 e. The molecule has 3 N–H and O–H groups in total. The van der Waals surface area contributed by atoms with E-state index in [0.717, 1.165) is 11.4 Å². The van der Waals surface area contributed by atoms with Gasteiger partial charge in [-0.05, 0) is 36.4 Å². The number of nitrogens with two attached hydrogens (primary N) is 1. The molecular weight excluding hydrogens is 394 g/mol. The number of nitrogen functional groups attached to an aromatic ring is 1. The lowest BCUT2D eigenvalue weighted by molar-refractivity contribution is 0.980. The number of para-hydroxylation sites is 3. The summed E-state index contributed by atoms with van der Waals surface area (Å²) < 4.78 is 1.60. The Kier molecular flexibility index (Phi) is 4.49. The van der Waals surface area contributed by atoms with Crippen molar-refractivity contribution in [1.29, 1.82) is 0 Å². The summed E-state index contributed by atoms with van der Waals surface area (Å²) in [6, 6.07) is 26.5. The zero-order chi connectivity index (χ0) is 20.5. The minimum atomic E-state index is -0.146. The Labute approximate surface area is 176 Å². The van der Waals surface area contributed by atoms with E-state index < -0.39 is 0 Å². The number of aromatic nitrogens is 3. The maximum absolute atomic E-state index is 13.4. The third-order valence-corrected chi connectivity index (χ3v) is 5.65. The van der Waals surface area contributed by atoms with E-state index in [9.17, 15) is 4.79 Å². The molecule has 0 amide bonds. The molecule has 0 aliphatic heterocycles. The molecule has 0 saturated heterocycles. The number of nitrogens with zero attached hydrogens (tertiary/aromatic N) is 3. The number of thiazole rings is 1. The summed E-state index contributed by atoms with van der Waals surface area (Å²) in [5, 5.41) is 4.44. The van der Waals surface area contributed by atoms with Crippen molar-refractivity contribution in [3.63, 3.8) is 0 Å². The van der Waals surface area contributed by atoms with Crippen LogP contribution in [0.15, 0.2) is 89.7 Å². The molecule has 0 radical (unpaired) electrons. The van der Waals surface area contributed by atoms with Crippen LogP contribution in [0.2, 0.25) is 0 Å². The lowest BCUT2D eigenvalue weighted by Gasteiger charge is -2.12. The summed E-state index contributed by atoms with van der Waals surface area (Å²) in [7, 11) is 0. The van der Waals surface area contributed by atoms with E-state index in [1.807, 2.05) is 78.9 Å². The average molecular weight is 411 g/mol. The van der Waals surface area contributed by atoms with Crippen LogP contribution in [-0.4, -0.2) is 14.5 Å². The Bertz CT molecular complexity index is 1390. The number of hydrogen-bond donors (Lipinski definition) is 2. The Balaban J connectivity index is 1.72. The summed E-state index contributed by atoms with van der Waals surface area (Å²) >= 11 is 1.36. The summed E-state index contributed by atoms with van der Waals surface area (Å²) in [4.78, 5) is 23.3. The highest BCUT2D eigenvalue weighted by Crippen LogP contribution is 2.36. The van der Waals surface area contributed by atoms with Crippen molar-refractivity contribution in [2.45, 2.75) is 0 Å². The third kappa shape index (κ3) is 3.21. The Morgan fingerprint density at radius 3 is 2.27 bits per heavy atom. The van der Waals surface area contributed by atoms with Gasteiger partial charge in [-0.15, -0.1) is 0 Å². The van der Waals surface area contributed by atoms with E-state index in [1.54, 1.807) is 10.6 Å². The van der Waals surface area contributed by atoms with Crippen molar-refractivity contribution >= 4 is 38.9 Å². The fourth-order valence-electron chi connectivity index (χ4n) is 3.29. The molecule has 5 rings (SSSR count). The van der Waals surface area contributed by atoms with Gasteiger partial charge in [-0.2, -0.15) is 0 Å². The maximum atomic E-state index is 13.4. The van der Waals surface area contributed by atoms with Crippen LogP contribution in [0.4, 0.5) is 16.6 Å². The predicted molar refractivity (Wildman–Crippen MR) is 123 cm³/mol. The average Bonchev–Trinajstić information content (AvgIpc) is 3.14. The monoisotopic (exact) mass is 411 g/mol. The van der Waals surface area contributed by atoms with Gasteiger partial charge in [-0.3, -0.25) is 9.36 Å². The van der Waals surface area contributed by atoms with Crippen molar-refractivity contribution in [3.05, 3.63) is 95.3 Å². The van der Waals surface area contributed by atoms with Gasteiger partial charge in [0.05, 0.1) is 16.6 Å². The van der Waals surface area contributed by atoms with Gasteiger partial charge in [0.15, 0.2) is 11.0 Å². The first-order valence-electron chi connectivity index (χ1n) is 9.37. The number of fused-ring (bicyclic) bond motifs is 1. The number of hydrogen-bond acceptors (Lipinski definition) is 6. The largest absolute Gasteiger partial charge is 0.382 e. The molecule has 2 aromatic heterocycles. The fraction of sp³-hybridized carbons (Fsp3) is 0. The van der Waals surface area contributed by atoms with Gasteiger partial charge >= 0.3 is 0 Å². The smallest absolute Gasteiger partial charge is 0.266 e. The highest BCUT2D eigenvalue weighted by atomic mass is 32.1. The van der Waals surface area contributed by atoms with Crippen molar-refractivity contribution in [3.8, 4) is 16.4 Å². The molecule has 30 heavy (non-hydrogen) atoms. The molecule has 0 bridgehead atoms. The lowest BCUT2D eigenvalue weighted by atomic mass is 10.2. The molecule has 0 saturated carbocycles. The van der Waals surface area contributed by atoms with Gasteiger partial charge in [0.2, 0.25) is 0 Å². The molecular formula is C23H17N5OS. The highest BCUT2D eigenvalue weighted by Gasteiger charge is 2.20. The van der Waals surface area contributed by atoms with Crippen molar-refractivity contribution in [1.82, 2.24) is 14.5 Å². The second kappa shape index (κ2) is 7.46. The zero-order valence-electron chi connectivity index (χ0n) is 15.8. The normalized spacial score (nSPS) is 10.9. The van der Waals surface area contributed by atoms with Gasteiger partial charge < -0.3 is 11.1 Å². The van der Waals surface area contributed by atoms with Gasteiger partial charge in [0.25, 0.3) is 5.56 Å². The van der Waals surface area contributed by atoms with Crippen LogP contribution in [0.1, 0.15) is 0 Å². The molecule has 0 atom stereocenters. The number of rotatable bonds is 4. The van der Waals surface area contributed by atoms with E-state index in [4.69, 9.17) is 10.7 Å². The van der Waals surface area contributed by atoms with Crippen LogP contribution < -0.4 is 16.6 Å². The minimum absolute atomic E-state index is 0.146. The molecule has 146 valence electrons. The molecule has 0 spiro atoms. The standard InChI is InChI=1S/C23H17N5OS/c24-20-19(30-23(27-20)25-15-9-3-1-4-10-15)21-26-18-14-8-7-13-17(18)22(29)28(21)16-11-5-2-6-12-16/h1-14H,24H2,(H,25,27). The van der Waals surface area contributed by atoms with E-state index in [1.165, 1.54) is 11.3 Å². The summed E-state index contributed by atoms with van der Waals surface area (Å²) in [5.41, 5.74) is 8.38. The Hall–Kier alpha value is -3.97. The topological polar surface area (TPSA) is 85.8 Å². The molecule has 6 nitrogen and oxygen atoms in total. The number of nitrogens with one attached hydrogen (secondary N) is 1. The van der Waals surface area contributed by atoms with Gasteiger partial charge in [0.1, 0.15) is 10.7 Å². The predicted octanol–water partition coefficient (Wildman–Crippen LogP) is 4.84. The molecule has 0 aliphatic rings. The van der Waals surface area contributed by atoms with Crippen LogP contribution >= 0.6 is 11.3 Å². The van der Waals surface area contributed by atoms with Crippen molar-refractivity contribution < 1.29 is 0 Å². The molecule has 0 unspecified atom stereocenters. The molecule has 7 heteroatoms. The van der Waals surface area contributed by atoms with E-state index in [-0.39, 0.29) is 5.56 Å². The van der Waals surface area contributed by atoms with E-state index in [0.29, 0.717) is 32.6 Å². The Morgan fingerprint density at radius 2 is 1.50 bits per heavy atom. The first-order chi connectivity index (χ1) is 14.7. The van der Waals surface area contributed by atoms with Gasteiger partial charge in [-0.1, -0.05) is 59.9 Å². The molecule has 2 heterocycles. The van der Waals surface area contributed by atoms with Crippen LogP contribution in [0, 0.1) is 0 Å². The summed E-state index contributed by atoms with van der Waals surface area (Å²) in [5.74, 6) is 0.798. The lowest BCUT2D eigenvalue weighted by Crippen LogP contribution is -2.21. The van der Waals surface area contributed by atoms with Crippen molar-refractivity contribution in [2.75, 3.05) is 11.1 Å². The first-order valence-corrected chi connectivity index (χ1v) is 10.2. The fourth-order valence-corrected chi connectivity index (χ4v) is 4.18. The van der Waals surface area contributed by atoms with Crippen LogP contribution in [-0.2, 0) is 0 Å². The number of anilines is 3. The molecule has 3 aromatic carbocycles. The van der Waals surface area contributed by atoms with Crippen LogP contribution in [0.3, 0.4) is 0 Å². The third-order valence-electron chi connectivity index (χ3n) is 4.67. The highest BCUT2D eigenvalue weighted by molar-refractivity contribution is 7.19. The molecule has 5 aromatic rings. The second-order valence-electron chi connectivity index (χ2n) is 6.65. The molecule has 0 fully saturated rings. The van der Waals surface area contributed by atoms with E-state index in [2.05, 4.69) is 10.3 Å². The van der Waals surface area contributed by atoms with E-state index >= 15 is 0 Å². The zero-order valence-corrected chi connectivity index (χ0v) is 16.6. The number of benzene rings is 3. The summed E-state index contributed by atoms with van der Waals surface area (Å²) in [6.45, 7) is 0. The van der Waals surface area contributed by atoms with Crippen LogP contribution in [0.25, 0.3) is 27.3 Å². The van der Waals surface area contributed by atoms with Crippen LogP contribution in [0.5, 0.6) is 0 Å². The van der Waals surface area contributed by atoms with Crippen molar-refractivity contribution in [2.24, 2.45) is 0 Å². The van der Waals surface area contributed by atoms with Gasteiger partial charge in [0, 0.05) is 5.69 Å². The summed E-state index contributed by atoms with van der Waals surface area (Å²) in [6.07, 6.45) is 0. The SMILES string of the molecule is Nc1nc(Nc2ccccc2)sc1-c1nc2ccccc2c(=O)n1-c1ccccc1. The second-order valence-corrected chi connectivity index (χ2v) is 7.65. The van der Waals surface area contributed by atoms with Gasteiger partial charge in [-0.25, -0.2) is 9.97 Å². The Morgan fingerprint density at radius 1 is 0.833 bits per heavy atom.